The summed E-state index contributed by atoms with van der Waals surface area (Å²) in [5, 5.41) is 4.43. The maximum Gasteiger partial charge on any atom is 0.274 e. The average Bonchev–Trinajstić information content (AvgIpc) is 3.03. The van der Waals surface area contributed by atoms with Crippen molar-refractivity contribution in [2.75, 3.05) is 39.8 Å². The molecule has 1 aliphatic rings. The highest BCUT2D eigenvalue weighted by Gasteiger charge is 2.24. The largest absolute Gasteiger partial charge is 0.497 e. The van der Waals surface area contributed by atoms with Gasteiger partial charge >= 0.3 is 0 Å². The van der Waals surface area contributed by atoms with Crippen LogP contribution in [0.2, 0.25) is 0 Å². The summed E-state index contributed by atoms with van der Waals surface area (Å²) in [4.78, 5) is 17.0. The second-order valence-corrected chi connectivity index (χ2v) is 6.00. The second-order valence-electron chi connectivity index (χ2n) is 6.00. The molecular formula is C18H24N4O2. The van der Waals surface area contributed by atoms with Gasteiger partial charge in [0.2, 0.25) is 0 Å². The SMILES string of the molecule is CCN1CCN(C(=O)c2cc(-c3cccc(OC)c3)n(C)n2)CC1. The molecule has 3 rings (SSSR count). The van der Waals surface area contributed by atoms with Gasteiger partial charge in [0.05, 0.1) is 12.8 Å². The molecule has 0 aliphatic carbocycles. The number of carbonyl (C=O) groups excluding carboxylic acids is 1. The smallest absolute Gasteiger partial charge is 0.274 e. The molecular weight excluding hydrogens is 304 g/mol. The van der Waals surface area contributed by atoms with Gasteiger partial charge in [-0.15, -0.1) is 0 Å². The molecule has 0 saturated carbocycles. The maximum atomic E-state index is 12.7. The molecule has 0 bridgehead atoms. The van der Waals surface area contributed by atoms with Crippen molar-refractivity contribution < 1.29 is 9.53 Å². The fourth-order valence-electron chi connectivity index (χ4n) is 3.05. The van der Waals surface area contributed by atoms with E-state index in [1.807, 2.05) is 42.3 Å². The zero-order valence-electron chi connectivity index (χ0n) is 14.5. The van der Waals surface area contributed by atoms with Crippen LogP contribution < -0.4 is 4.74 Å². The summed E-state index contributed by atoms with van der Waals surface area (Å²) in [6.45, 7) is 6.56. The molecule has 2 heterocycles. The van der Waals surface area contributed by atoms with E-state index in [9.17, 15) is 4.79 Å². The van der Waals surface area contributed by atoms with Gasteiger partial charge in [-0.1, -0.05) is 19.1 Å². The van der Waals surface area contributed by atoms with Gasteiger partial charge < -0.3 is 14.5 Å². The summed E-state index contributed by atoms with van der Waals surface area (Å²) in [5.74, 6) is 0.799. The molecule has 1 saturated heterocycles. The molecule has 0 unspecified atom stereocenters. The van der Waals surface area contributed by atoms with Crippen molar-refractivity contribution >= 4 is 5.91 Å². The molecule has 0 atom stereocenters. The predicted octanol–water partition coefficient (Wildman–Crippen LogP) is 1.87. The summed E-state index contributed by atoms with van der Waals surface area (Å²) in [5.41, 5.74) is 2.39. The second kappa shape index (κ2) is 7.05. The zero-order chi connectivity index (χ0) is 17.1. The highest BCUT2D eigenvalue weighted by atomic mass is 16.5. The summed E-state index contributed by atoms with van der Waals surface area (Å²) in [6, 6.07) is 9.65. The number of carbonyl (C=O) groups is 1. The Labute approximate surface area is 142 Å². The first-order valence-electron chi connectivity index (χ1n) is 8.32. The lowest BCUT2D eigenvalue weighted by Crippen LogP contribution is -2.48. The third-order valence-corrected chi connectivity index (χ3v) is 4.57. The zero-order valence-corrected chi connectivity index (χ0v) is 14.5. The molecule has 0 N–H and O–H groups in total. The monoisotopic (exact) mass is 328 g/mol. The molecule has 1 fully saturated rings. The normalized spacial score (nSPS) is 15.5. The molecule has 128 valence electrons. The van der Waals surface area contributed by atoms with E-state index in [-0.39, 0.29) is 5.91 Å². The topological polar surface area (TPSA) is 50.6 Å². The van der Waals surface area contributed by atoms with Crippen molar-refractivity contribution in [3.8, 4) is 17.0 Å². The van der Waals surface area contributed by atoms with Crippen molar-refractivity contribution in [1.29, 1.82) is 0 Å². The van der Waals surface area contributed by atoms with Gasteiger partial charge in [0.1, 0.15) is 5.75 Å². The lowest BCUT2D eigenvalue weighted by molar-refractivity contribution is 0.0637. The number of ether oxygens (including phenoxy) is 1. The van der Waals surface area contributed by atoms with Gasteiger partial charge in [0.15, 0.2) is 5.69 Å². The van der Waals surface area contributed by atoms with Crippen molar-refractivity contribution in [3.63, 3.8) is 0 Å². The number of hydrogen-bond donors (Lipinski definition) is 0. The number of rotatable bonds is 4. The Morgan fingerprint density at radius 1 is 1.21 bits per heavy atom. The van der Waals surface area contributed by atoms with E-state index >= 15 is 0 Å². The van der Waals surface area contributed by atoms with Crippen LogP contribution in [0.4, 0.5) is 0 Å². The van der Waals surface area contributed by atoms with E-state index < -0.39 is 0 Å². The van der Waals surface area contributed by atoms with E-state index in [0.717, 1.165) is 49.7 Å². The maximum absolute atomic E-state index is 12.7. The van der Waals surface area contributed by atoms with Crippen LogP contribution in [0, 0.1) is 0 Å². The number of likely N-dealkylation sites (N-methyl/N-ethyl adjacent to an activating group) is 1. The quantitative estimate of drug-likeness (QED) is 0.860. The third-order valence-electron chi connectivity index (χ3n) is 4.57. The van der Waals surface area contributed by atoms with Gasteiger partial charge in [-0.05, 0) is 24.7 Å². The van der Waals surface area contributed by atoms with Crippen LogP contribution in [-0.4, -0.2) is 65.3 Å². The average molecular weight is 328 g/mol. The fourth-order valence-corrected chi connectivity index (χ4v) is 3.05. The number of hydrogen-bond acceptors (Lipinski definition) is 4. The van der Waals surface area contributed by atoms with Crippen LogP contribution in [0.5, 0.6) is 5.75 Å². The number of aryl methyl sites for hydroxylation is 1. The molecule has 1 aromatic carbocycles. The molecule has 24 heavy (non-hydrogen) atoms. The number of methoxy groups -OCH3 is 1. The fraction of sp³-hybridized carbons (Fsp3) is 0.444. The van der Waals surface area contributed by atoms with Crippen LogP contribution in [-0.2, 0) is 7.05 Å². The molecule has 6 nitrogen and oxygen atoms in total. The number of benzene rings is 1. The van der Waals surface area contributed by atoms with Gasteiger partial charge in [-0.25, -0.2) is 0 Å². The lowest BCUT2D eigenvalue weighted by atomic mass is 10.1. The lowest BCUT2D eigenvalue weighted by Gasteiger charge is -2.33. The van der Waals surface area contributed by atoms with Crippen molar-refractivity contribution in [2.45, 2.75) is 6.92 Å². The predicted molar refractivity (Wildman–Crippen MR) is 93.2 cm³/mol. The van der Waals surface area contributed by atoms with Crippen molar-refractivity contribution in [1.82, 2.24) is 19.6 Å². The van der Waals surface area contributed by atoms with Crippen LogP contribution in [0.15, 0.2) is 30.3 Å². The van der Waals surface area contributed by atoms with Crippen molar-refractivity contribution in [2.24, 2.45) is 7.05 Å². The van der Waals surface area contributed by atoms with Gasteiger partial charge in [0, 0.05) is 38.8 Å². The Morgan fingerprint density at radius 2 is 1.96 bits per heavy atom. The first-order chi connectivity index (χ1) is 11.6. The van der Waals surface area contributed by atoms with Crippen molar-refractivity contribution in [3.05, 3.63) is 36.0 Å². The van der Waals surface area contributed by atoms with E-state index in [0.29, 0.717) is 5.69 Å². The van der Waals surface area contributed by atoms with E-state index in [1.165, 1.54) is 0 Å². The van der Waals surface area contributed by atoms with E-state index in [2.05, 4.69) is 16.9 Å². The molecule has 0 radical (unpaired) electrons. The Kier molecular flexibility index (Phi) is 4.85. The third kappa shape index (κ3) is 3.28. The number of aromatic nitrogens is 2. The molecule has 1 amide bonds. The Hall–Kier alpha value is -2.34. The first-order valence-corrected chi connectivity index (χ1v) is 8.32. The van der Waals surface area contributed by atoms with Crippen LogP contribution in [0.3, 0.4) is 0 Å². The highest BCUT2D eigenvalue weighted by Crippen LogP contribution is 2.24. The summed E-state index contributed by atoms with van der Waals surface area (Å²) in [7, 11) is 3.51. The summed E-state index contributed by atoms with van der Waals surface area (Å²) >= 11 is 0. The Balaban J connectivity index is 1.79. The Bertz CT molecular complexity index is 718. The van der Waals surface area contributed by atoms with Crippen LogP contribution in [0.25, 0.3) is 11.3 Å². The Morgan fingerprint density at radius 3 is 2.62 bits per heavy atom. The summed E-state index contributed by atoms with van der Waals surface area (Å²) < 4.78 is 7.03. The van der Waals surface area contributed by atoms with Crippen LogP contribution >= 0.6 is 0 Å². The van der Waals surface area contributed by atoms with E-state index in [1.54, 1.807) is 11.8 Å². The molecule has 6 heteroatoms. The number of nitrogens with zero attached hydrogens (tertiary/aromatic N) is 4. The molecule has 1 aromatic heterocycles. The minimum atomic E-state index is 0.00972. The van der Waals surface area contributed by atoms with Crippen LogP contribution in [0.1, 0.15) is 17.4 Å². The van der Waals surface area contributed by atoms with Gasteiger partial charge in [0.25, 0.3) is 5.91 Å². The van der Waals surface area contributed by atoms with Gasteiger partial charge in [-0.3, -0.25) is 9.48 Å². The minimum absolute atomic E-state index is 0.00972. The molecule has 2 aromatic rings. The first kappa shape index (κ1) is 16.5. The van der Waals surface area contributed by atoms with Gasteiger partial charge in [-0.2, -0.15) is 5.10 Å². The minimum Gasteiger partial charge on any atom is -0.497 e. The highest BCUT2D eigenvalue weighted by molar-refractivity contribution is 5.93. The standard InChI is InChI=1S/C18H24N4O2/c1-4-21-8-10-22(11-9-21)18(23)16-13-17(20(2)19-16)14-6-5-7-15(12-14)24-3/h5-7,12-13H,4,8-11H2,1-3H3. The summed E-state index contributed by atoms with van der Waals surface area (Å²) in [6.07, 6.45) is 0. The molecule has 1 aliphatic heterocycles. The number of amides is 1. The van der Waals surface area contributed by atoms with E-state index in [4.69, 9.17) is 4.74 Å². The number of piperazine rings is 1. The molecule has 0 spiro atoms.